The third kappa shape index (κ3) is 6.32. The molecule has 0 spiro atoms. The number of aliphatic hydroxyl groups excluding tert-OH is 1. The third-order valence-electron chi connectivity index (χ3n) is 6.42. The Kier molecular flexibility index (Phi) is 9.12. The van der Waals surface area contributed by atoms with Crippen LogP contribution in [0.15, 0.2) is 47.4 Å². The molecule has 2 heterocycles. The Hall–Kier alpha value is -2.75. The van der Waals surface area contributed by atoms with Crippen molar-refractivity contribution in [2.45, 2.75) is 62.6 Å². The first-order valence-electron chi connectivity index (χ1n) is 12.7. The maximum atomic E-state index is 13.6. The van der Waals surface area contributed by atoms with Gasteiger partial charge >= 0.3 is 0 Å². The Labute approximate surface area is 216 Å². The second kappa shape index (κ2) is 12.5. The van der Waals surface area contributed by atoms with Crippen molar-refractivity contribution < 1.29 is 24.2 Å². The summed E-state index contributed by atoms with van der Waals surface area (Å²) in [4.78, 5) is 27.3. The highest BCUT2D eigenvalue weighted by Gasteiger charge is 2.36. The molecule has 8 nitrogen and oxygen atoms in total. The number of amides is 2. The lowest BCUT2D eigenvalue weighted by Gasteiger charge is -2.36. The number of hydrogen-bond donors (Lipinski definition) is 3. The van der Waals surface area contributed by atoms with Crippen LogP contribution in [-0.4, -0.2) is 65.7 Å². The van der Waals surface area contributed by atoms with E-state index in [1.165, 1.54) is 11.9 Å². The zero-order chi connectivity index (χ0) is 25.5. The van der Waals surface area contributed by atoms with Crippen molar-refractivity contribution >= 4 is 23.8 Å². The maximum Gasteiger partial charge on any atom is 0.251 e. The second-order valence-electron chi connectivity index (χ2n) is 9.04. The molecule has 194 valence electrons. The van der Waals surface area contributed by atoms with E-state index in [-0.39, 0.29) is 5.91 Å². The molecule has 2 aromatic rings. The lowest BCUT2D eigenvalue weighted by Crippen LogP contribution is -2.56. The van der Waals surface area contributed by atoms with E-state index in [1.54, 1.807) is 0 Å². The second-order valence-corrected chi connectivity index (χ2v) is 10.1. The van der Waals surface area contributed by atoms with Gasteiger partial charge in [0.25, 0.3) is 5.91 Å². The zero-order valence-electron chi connectivity index (χ0n) is 20.9. The lowest BCUT2D eigenvalue weighted by molar-refractivity contribution is -0.133. The molecule has 3 N–H and O–H groups in total. The van der Waals surface area contributed by atoms with E-state index >= 15 is 0 Å². The van der Waals surface area contributed by atoms with Crippen LogP contribution in [0.2, 0.25) is 0 Å². The van der Waals surface area contributed by atoms with Crippen LogP contribution in [0.4, 0.5) is 0 Å². The molecule has 0 aliphatic carbocycles. The third-order valence-corrected chi connectivity index (χ3v) is 7.75. The van der Waals surface area contributed by atoms with Gasteiger partial charge in [-0.05, 0) is 54.5 Å². The van der Waals surface area contributed by atoms with Crippen LogP contribution in [0.1, 0.15) is 37.8 Å². The molecule has 3 atom stereocenters. The quantitative estimate of drug-likeness (QED) is 0.332. The molecule has 0 radical (unpaired) electrons. The highest BCUT2D eigenvalue weighted by molar-refractivity contribution is 7.97. The summed E-state index contributed by atoms with van der Waals surface area (Å²) in [5.74, 6) is 0.743. The van der Waals surface area contributed by atoms with Crippen LogP contribution in [0.5, 0.6) is 11.5 Å². The van der Waals surface area contributed by atoms with Gasteiger partial charge in [0.2, 0.25) is 5.91 Å². The number of nitrogens with one attached hydrogen (secondary N) is 2. The summed E-state index contributed by atoms with van der Waals surface area (Å²) in [6.45, 7) is 6.22. The van der Waals surface area contributed by atoms with Crippen molar-refractivity contribution in [3.05, 3.63) is 53.6 Å². The summed E-state index contributed by atoms with van der Waals surface area (Å²) in [7, 11) is 0. The van der Waals surface area contributed by atoms with Crippen LogP contribution < -0.4 is 20.1 Å². The van der Waals surface area contributed by atoms with E-state index in [1.807, 2.05) is 60.6 Å². The van der Waals surface area contributed by atoms with E-state index in [4.69, 9.17) is 9.47 Å². The van der Waals surface area contributed by atoms with Gasteiger partial charge in [0.15, 0.2) is 17.6 Å². The van der Waals surface area contributed by atoms with E-state index in [0.717, 1.165) is 34.6 Å². The number of likely N-dealkylation sites (N-methyl/N-ethyl adjacent to an activating group) is 1. The predicted molar refractivity (Wildman–Crippen MR) is 139 cm³/mol. The Morgan fingerprint density at radius 3 is 2.56 bits per heavy atom. The molecule has 2 aliphatic heterocycles. The highest BCUT2D eigenvalue weighted by atomic mass is 32.2. The summed E-state index contributed by atoms with van der Waals surface area (Å²) in [6, 6.07) is 12.3. The number of carbonyl (C=O) groups is 2. The van der Waals surface area contributed by atoms with Crippen LogP contribution in [-0.2, 0) is 22.4 Å². The van der Waals surface area contributed by atoms with E-state index in [0.29, 0.717) is 44.9 Å². The molecular weight excluding hydrogens is 478 g/mol. The summed E-state index contributed by atoms with van der Waals surface area (Å²) < 4.78 is 13.5. The van der Waals surface area contributed by atoms with Gasteiger partial charge in [-0.1, -0.05) is 50.6 Å². The van der Waals surface area contributed by atoms with Gasteiger partial charge in [-0.25, -0.2) is 4.31 Å². The van der Waals surface area contributed by atoms with Gasteiger partial charge < -0.3 is 25.2 Å². The highest BCUT2D eigenvalue weighted by Crippen LogP contribution is 2.42. The summed E-state index contributed by atoms with van der Waals surface area (Å²) in [5.41, 5.74) is 1.95. The summed E-state index contributed by atoms with van der Waals surface area (Å²) >= 11 is 1.52. The van der Waals surface area contributed by atoms with Crippen molar-refractivity contribution in [3.8, 4) is 11.5 Å². The first-order chi connectivity index (χ1) is 17.5. The number of benzene rings is 2. The molecule has 36 heavy (non-hydrogen) atoms. The largest absolute Gasteiger partial charge is 0.486 e. The van der Waals surface area contributed by atoms with Gasteiger partial charge in [-0.3, -0.25) is 9.59 Å². The number of aliphatic hydroxyl groups is 1. The van der Waals surface area contributed by atoms with Crippen molar-refractivity contribution in [1.82, 2.24) is 14.9 Å². The fraction of sp³-hybridized carbons (Fsp3) is 0.481. The number of fused-ring (bicyclic) bond motifs is 2. The van der Waals surface area contributed by atoms with Crippen LogP contribution >= 0.6 is 11.9 Å². The van der Waals surface area contributed by atoms with Crippen molar-refractivity contribution in [3.63, 3.8) is 0 Å². The molecule has 0 bridgehead atoms. The van der Waals surface area contributed by atoms with E-state index in [2.05, 4.69) is 10.6 Å². The molecular formula is C27H35N3O5S. The molecule has 4 rings (SSSR count). The SMILES string of the molecule is CCCCNC(=O)C(O)[C@H](Cc1ccccc1)NC(=O)C1Cc2cc3c(cc2SN1CC)OCCO3. The van der Waals surface area contributed by atoms with Crippen LogP contribution in [0, 0.1) is 0 Å². The molecule has 0 fully saturated rings. The van der Waals surface area contributed by atoms with E-state index in [9.17, 15) is 14.7 Å². The van der Waals surface area contributed by atoms with Crippen LogP contribution in [0.3, 0.4) is 0 Å². The van der Waals surface area contributed by atoms with E-state index < -0.39 is 24.1 Å². The number of nitrogens with zero attached hydrogens (tertiary/aromatic N) is 1. The predicted octanol–water partition coefficient (Wildman–Crippen LogP) is 2.72. The Bertz CT molecular complexity index is 1050. The van der Waals surface area contributed by atoms with Gasteiger partial charge in [0.05, 0.1) is 6.04 Å². The minimum Gasteiger partial charge on any atom is -0.486 e. The standard InChI is InChI=1S/C27H35N3O5S/c1-3-5-11-28-27(33)25(31)20(14-18-9-7-6-8-10-18)29-26(32)21-15-19-16-22-23(35-13-12-34-22)17-24(19)36-30(21)4-2/h6-10,16-17,20-21,25,31H,3-5,11-15H2,1-2H3,(H,28,33)(H,29,32)/t20-,21?,25?/m0/s1. The first kappa shape index (κ1) is 26.3. The molecule has 0 saturated heterocycles. The topological polar surface area (TPSA) is 100 Å². The summed E-state index contributed by atoms with van der Waals surface area (Å²) in [5, 5.41) is 16.7. The summed E-state index contributed by atoms with van der Waals surface area (Å²) in [6.07, 6.45) is 1.25. The number of rotatable bonds is 10. The molecule has 9 heteroatoms. The smallest absolute Gasteiger partial charge is 0.251 e. The average Bonchev–Trinajstić information content (AvgIpc) is 2.90. The van der Waals surface area contributed by atoms with Gasteiger partial charge in [-0.15, -0.1) is 0 Å². The maximum absolute atomic E-state index is 13.6. The average molecular weight is 514 g/mol. The van der Waals surface area contributed by atoms with Crippen molar-refractivity contribution in [2.75, 3.05) is 26.3 Å². The number of carbonyl (C=O) groups excluding carboxylic acids is 2. The van der Waals surface area contributed by atoms with Gasteiger partial charge in [-0.2, -0.15) is 0 Å². The van der Waals surface area contributed by atoms with Crippen molar-refractivity contribution in [1.29, 1.82) is 0 Å². The van der Waals surface area contributed by atoms with Crippen molar-refractivity contribution in [2.24, 2.45) is 0 Å². The van der Waals surface area contributed by atoms with Gasteiger partial charge in [0.1, 0.15) is 19.3 Å². The molecule has 0 aromatic heterocycles. The number of unbranched alkanes of at least 4 members (excludes halogenated alkanes) is 1. The zero-order valence-corrected chi connectivity index (χ0v) is 21.7. The molecule has 2 aromatic carbocycles. The molecule has 2 aliphatic rings. The van der Waals surface area contributed by atoms with Gasteiger partial charge in [0, 0.05) is 18.0 Å². The Morgan fingerprint density at radius 1 is 1.14 bits per heavy atom. The Balaban J connectivity index is 1.51. The van der Waals surface area contributed by atoms with Crippen LogP contribution in [0.25, 0.3) is 0 Å². The minimum atomic E-state index is -1.36. The normalized spacial score (nSPS) is 18.6. The fourth-order valence-electron chi connectivity index (χ4n) is 4.43. The first-order valence-corrected chi connectivity index (χ1v) is 13.4. The lowest BCUT2D eigenvalue weighted by atomic mass is 9.98. The minimum absolute atomic E-state index is 0.216. The monoisotopic (exact) mass is 513 g/mol. The Morgan fingerprint density at radius 2 is 1.86 bits per heavy atom. The number of ether oxygens (including phenoxy) is 2. The fourth-order valence-corrected chi connectivity index (χ4v) is 5.53. The molecule has 2 amide bonds. The molecule has 2 unspecified atom stereocenters. The number of hydrogen-bond acceptors (Lipinski definition) is 7. The molecule has 0 saturated carbocycles.